The molecule has 0 aliphatic carbocycles. The Hall–Kier alpha value is -3.96. The number of alkyl halides is 2. The largest absolute Gasteiger partial charge is 0.393 e. The first kappa shape index (κ1) is 26.3. The molecule has 2 fully saturated rings. The minimum Gasteiger partial charge on any atom is -0.393 e. The fourth-order valence-corrected chi connectivity index (χ4v) is 5.33. The van der Waals surface area contributed by atoms with E-state index in [1.54, 1.807) is 18.6 Å². The van der Waals surface area contributed by atoms with Gasteiger partial charge in [0.05, 0.1) is 23.5 Å². The van der Waals surface area contributed by atoms with E-state index in [0.717, 1.165) is 41.1 Å². The Morgan fingerprint density at radius 2 is 1.82 bits per heavy atom. The predicted molar refractivity (Wildman–Crippen MR) is 148 cm³/mol. The lowest BCUT2D eigenvalue weighted by atomic mass is 10.0. The van der Waals surface area contributed by atoms with E-state index >= 15 is 0 Å². The number of carbonyl (C=O) groups excluding carboxylic acids is 1. The fourth-order valence-electron chi connectivity index (χ4n) is 5.33. The lowest BCUT2D eigenvalue weighted by molar-refractivity contribution is -0.0566. The number of benzene rings is 1. The molecule has 5 heterocycles. The van der Waals surface area contributed by atoms with Gasteiger partial charge in [-0.1, -0.05) is 6.07 Å². The van der Waals surface area contributed by atoms with Gasteiger partial charge in [0.1, 0.15) is 5.82 Å². The standard InChI is InChI=1S/C29H31F2N7O2/c30-29(31)7-11-37(12-8-29)18-19-13-21(16-32-15-19)20-1-3-25-24(14-20)27(36-35-25)28(40)34-22-2-4-26(33-17-22)38-9-5-23(39)6-10-38/h1-4,13-17,23,39H,5-12,18H2,(H,34,40)(H,35,36). The molecule has 0 atom stereocenters. The highest BCUT2D eigenvalue weighted by Gasteiger charge is 2.33. The monoisotopic (exact) mass is 547 g/mol. The highest BCUT2D eigenvalue weighted by Crippen LogP contribution is 2.30. The Morgan fingerprint density at radius 1 is 1.02 bits per heavy atom. The van der Waals surface area contributed by atoms with Gasteiger partial charge in [0.25, 0.3) is 11.8 Å². The number of piperidine rings is 2. The van der Waals surface area contributed by atoms with Crippen molar-refractivity contribution in [3.63, 3.8) is 0 Å². The van der Waals surface area contributed by atoms with Crippen LogP contribution in [0.2, 0.25) is 0 Å². The number of aliphatic hydroxyl groups is 1. The number of aromatic amines is 1. The van der Waals surface area contributed by atoms with E-state index in [1.165, 1.54) is 0 Å². The Balaban J connectivity index is 1.16. The number of aliphatic hydroxyl groups excluding tert-OH is 1. The van der Waals surface area contributed by atoms with Gasteiger partial charge in [-0.3, -0.25) is 19.8 Å². The number of halogens is 2. The molecule has 1 amide bonds. The zero-order chi connectivity index (χ0) is 27.7. The van der Waals surface area contributed by atoms with Crippen LogP contribution >= 0.6 is 0 Å². The van der Waals surface area contributed by atoms with E-state index in [1.807, 2.05) is 41.3 Å². The van der Waals surface area contributed by atoms with Gasteiger partial charge in [0.2, 0.25) is 0 Å². The van der Waals surface area contributed by atoms with Crippen molar-refractivity contribution >= 4 is 28.3 Å². The first-order chi connectivity index (χ1) is 19.3. The second-order valence-electron chi connectivity index (χ2n) is 10.6. The molecule has 4 aromatic rings. The summed E-state index contributed by atoms with van der Waals surface area (Å²) in [6.07, 6.45) is 6.09. The molecule has 1 aromatic carbocycles. The summed E-state index contributed by atoms with van der Waals surface area (Å²) in [6.45, 7) is 2.77. The summed E-state index contributed by atoms with van der Waals surface area (Å²) in [6, 6.07) is 11.4. The summed E-state index contributed by atoms with van der Waals surface area (Å²) >= 11 is 0. The van der Waals surface area contributed by atoms with Gasteiger partial charge >= 0.3 is 0 Å². The van der Waals surface area contributed by atoms with E-state index in [9.17, 15) is 18.7 Å². The Bertz CT molecular complexity index is 1490. The topological polar surface area (TPSA) is 110 Å². The molecule has 11 heteroatoms. The lowest BCUT2D eigenvalue weighted by Crippen LogP contribution is -2.38. The summed E-state index contributed by atoms with van der Waals surface area (Å²) in [5, 5.41) is 20.5. The van der Waals surface area contributed by atoms with E-state index < -0.39 is 5.92 Å². The van der Waals surface area contributed by atoms with Gasteiger partial charge in [-0.15, -0.1) is 0 Å². The molecule has 208 valence electrons. The third kappa shape index (κ3) is 5.80. The molecule has 0 bridgehead atoms. The van der Waals surface area contributed by atoms with E-state index in [4.69, 9.17) is 0 Å². The highest BCUT2D eigenvalue weighted by molar-refractivity contribution is 6.11. The summed E-state index contributed by atoms with van der Waals surface area (Å²) < 4.78 is 27.0. The van der Waals surface area contributed by atoms with Crippen molar-refractivity contribution in [1.82, 2.24) is 25.1 Å². The maximum Gasteiger partial charge on any atom is 0.276 e. The maximum atomic E-state index is 13.5. The number of hydrogen-bond donors (Lipinski definition) is 3. The van der Waals surface area contributed by atoms with Crippen LogP contribution in [0.3, 0.4) is 0 Å². The van der Waals surface area contributed by atoms with Crippen molar-refractivity contribution < 1.29 is 18.7 Å². The minimum atomic E-state index is -2.57. The van der Waals surface area contributed by atoms with Crippen molar-refractivity contribution in [3.8, 4) is 11.1 Å². The van der Waals surface area contributed by atoms with Crippen LogP contribution < -0.4 is 10.2 Å². The van der Waals surface area contributed by atoms with E-state index in [2.05, 4.69) is 30.4 Å². The number of amides is 1. The van der Waals surface area contributed by atoms with Crippen LogP contribution in [-0.4, -0.2) is 74.3 Å². The van der Waals surface area contributed by atoms with Crippen LogP contribution in [0.4, 0.5) is 20.3 Å². The summed E-state index contributed by atoms with van der Waals surface area (Å²) in [5.41, 5.74) is 4.26. The number of nitrogens with one attached hydrogen (secondary N) is 2. The number of carbonyl (C=O) groups is 1. The number of hydrogen-bond acceptors (Lipinski definition) is 7. The van der Waals surface area contributed by atoms with Gasteiger partial charge < -0.3 is 15.3 Å². The van der Waals surface area contributed by atoms with Gasteiger partial charge in [-0.25, -0.2) is 13.8 Å². The van der Waals surface area contributed by atoms with Crippen LogP contribution in [0.15, 0.2) is 55.0 Å². The zero-order valence-electron chi connectivity index (χ0n) is 22.0. The molecule has 2 aliphatic rings. The number of pyridine rings is 2. The number of aromatic nitrogens is 4. The van der Waals surface area contributed by atoms with Gasteiger partial charge in [-0.05, 0) is 54.3 Å². The van der Waals surface area contributed by atoms with Gasteiger partial charge in [0.15, 0.2) is 5.69 Å². The molecule has 0 radical (unpaired) electrons. The molecule has 2 aliphatic heterocycles. The van der Waals surface area contributed by atoms with Crippen molar-refractivity contribution in [3.05, 3.63) is 66.2 Å². The first-order valence-corrected chi connectivity index (χ1v) is 13.6. The molecule has 0 saturated carbocycles. The highest BCUT2D eigenvalue weighted by atomic mass is 19.3. The van der Waals surface area contributed by atoms with E-state index in [0.29, 0.717) is 43.5 Å². The molecular weight excluding hydrogens is 516 g/mol. The predicted octanol–water partition coefficient (Wildman–Crippen LogP) is 4.46. The number of anilines is 2. The summed E-state index contributed by atoms with van der Waals surface area (Å²) in [4.78, 5) is 26.2. The number of nitrogens with zero attached hydrogens (tertiary/aromatic N) is 5. The first-order valence-electron chi connectivity index (χ1n) is 13.6. The van der Waals surface area contributed by atoms with Gasteiger partial charge in [0, 0.05) is 68.9 Å². The molecule has 0 unspecified atom stereocenters. The molecule has 9 nitrogen and oxygen atoms in total. The third-order valence-electron chi connectivity index (χ3n) is 7.69. The molecule has 40 heavy (non-hydrogen) atoms. The van der Waals surface area contributed by atoms with Crippen LogP contribution in [0.5, 0.6) is 0 Å². The number of H-pyrrole nitrogens is 1. The molecular formula is C29H31F2N7O2. The third-order valence-corrected chi connectivity index (χ3v) is 7.69. The molecule has 6 rings (SSSR count). The summed E-state index contributed by atoms with van der Waals surface area (Å²) in [7, 11) is 0. The van der Waals surface area contributed by atoms with Crippen molar-refractivity contribution in [2.45, 2.75) is 44.3 Å². The Morgan fingerprint density at radius 3 is 2.58 bits per heavy atom. The quantitative estimate of drug-likeness (QED) is 0.327. The van der Waals surface area contributed by atoms with Crippen LogP contribution in [0, 0.1) is 0 Å². The number of rotatable bonds is 6. The molecule has 3 N–H and O–H groups in total. The lowest BCUT2D eigenvalue weighted by Gasteiger charge is -2.31. The van der Waals surface area contributed by atoms with Gasteiger partial charge in [-0.2, -0.15) is 5.10 Å². The fraction of sp³-hybridized carbons (Fsp3) is 0.379. The molecule has 0 spiro atoms. The van der Waals surface area contributed by atoms with Crippen LogP contribution in [0.1, 0.15) is 41.7 Å². The van der Waals surface area contributed by atoms with Crippen molar-refractivity contribution in [2.24, 2.45) is 0 Å². The minimum absolute atomic E-state index is 0.119. The average Bonchev–Trinajstić information content (AvgIpc) is 3.39. The number of fused-ring (bicyclic) bond motifs is 1. The second-order valence-corrected chi connectivity index (χ2v) is 10.6. The van der Waals surface area contributed by atoms with Crippen LogP contribution in [-0.2, 0) is 6.54 Å². The van der Waals surface area contributed by atoms with Crippen LogP contribution in [0.25, 0.3) is 22.0 Å². The Labute approximate surface area is 230 Å². The summed E-state index contributed by atoms with van der Waals surface area (Å²) in [5.74, 6) is -2.11. The Kier molecular flexibility index (Phi) is 7.16. The second kappa shape index (κ2) is 10.9. The number of likely N-dealkylation sites (tertiary alicyclic amines) is 1. The normalized spacial score (nSPS) is 18.2. The smallest absolute Gasteiger partial charge is 0.276 e. The zero-order valence-corrected chi connectivity index (χ0v) is 22.0. The van der Waals surface area contributed by atoms with Crippen molar-refractivity contribution in [1.29, 1.82) is 0 Å². The molecule has 2 saturated heterocycles. The average molecular weight is 548 g/mol. The molecule has 3 aromatic heterocycles. The maximum absolute atomic E-state index is 13.5. The van der Waals surface area contributed by atoms with E-state index in [-0.39, 0.29) is 30.5 Å². The van der Waals surface area contributed by atoms with Crippen molar-refractivity contribution in [2.75, 3.05) is 36.4 Å². The SMILES string of the molecule is O=C(Nc1ccc(N2CCC(O)CC2)nc1)c1n[nH]c2ccc(-c3cncc(CN4CCC(F)(F)CC4)c3)cc12.